The smallest absolute Gasteiger partial charge is 0.273 e. The van der Waals surface area contributed by atoms with Gasteiger partial charge < -0.3 is 11.1 Å². The van der Waals surface area contributed by atoms with Crippen molar-refractivity contribution in [2.45, 2.75) is 45.1 Å². The van der Waals surface area contributed by atoms with Crippen LogP contribution in [0.25, 0.3) is 0 Å². The topological polar surface area (TPSA) is 98.3 Å². The van der Waals surface area contributed by atoms with Crippen molar-refractivity contribution in [3.8, 4) is 0 Å². The SMILES string of the molecule is Cc1ccc(C(=O)NC(CN)C2CCCCC2)cc1[N+](=O)[O-].Cl. The number of nitrogens with zero attached hydrogens (tertiary/aromatic N) is 1. The molecule has 1 saturated carbocycles. The van der Waals surface area contributed by atoms with Gasteiger partial charge in [0.15, 0.2) is 0 Å². The van der Waals surface area contributed by atoms with Crippen LogP contribution < -0.4 is 11.1 Å². The summed E-state index contributed by atoms with van der Waals surface area (Å²) < 4.78 is 0. The number of nitrogens with one attached hydrogen (secondary N) is 1. The molecule has 6 nitrogen and oxygen atoms in total. The molecule has 1 amide bonds. The zero-order chi connectivity index (χ0) is 16.1. The van der Waals surface area contributed by atoms with Gasteiger partial charge in [-0.1, -0.05) is 25.3 Å². The monoisotopic (exact) mass is 341 g/mol. The van der Waals surface area contributed by atoms with Gasteiger partial charge in [0.2, 0.25) is 0 Å². The summed E-state index contributed by atoms with van der Waals surface area (Å²) in [5.41, 5.74) is 6.63. The maximum Gasteiger partial charge on any atom is 0.273 e. The Labute approximate surface area is 142 Å². The highest BCUT2D eigenvalue weighted by atomic mass is 35.5. The van der Waals surface area contributed by atoms with Gasteiger partial charge >= 0.3 is 0 Å². The molecule has 1 fully saturated rings. The van der Waals surface area contributed by atoms with Crippen LogP contribution in [0.3, 0.4) is 0 Å². The van der Waals surface area contributed by atoms with Crippen LogP contribution in [0.4, 0.5) is 5.69 Å². The van der Waals surface area contributed by atoms with Crippen molar-refractivity contribution >= 4 is 24.0 Å². The average Bonchev–Trinajstić information content (AvgIpc) is 2.53. The van der Waals surface area contributed by atoms with Gasteiger partial charge in [0, 0.05) is 29.8 Å². The number of aryl methyl sites for hydroxylation is 1. The standard InChI is InChI=1S/C16H23N3O3.ClH/c1-11-7-8-13(9-15(11)19(21)22)16(20)18-14(10-17)12-5-3-2-4-6-12;/h7-9,12,14H,2-6,10,17H2,1H3,(H,18,20);1H. The zero-order valence-corrected chi connectivity index (χ0v) is 14.1. The quantitative estimate of drug-likeness (QED) is 0.635. The lowest BCUT2D eigenvalue weighted by Crippen LogP contribution is -2.45. The molecule has 1 aliphatic carbocycles. The molecule has 0 bridgehead atoms. The van der Waals surface area contributed by atoms with Gasteiger partial charge in [-0.05, 0) is 31.7 Å². The van der Waals surface area contributed by atoms with Gasteiger partial charge in [-0.2, -0.15) is 0 Å². The van der Waals surface area contributed by atoms with Crippen molar-refractivity contribution in [2.75, 3.05) is 6.54 Å². The highest BCUT2D eigenvalue weighted by Gasteiger charge is 2.25. The number of hydrogen-bond acceptors (Lipinski definition) is 4. The third-order valence-electron chi connectivity index (χ3n) is 4.46. The van der Waals surface area contributed by atoms with E-state index >= 15 is 0 Å². The Kier molecular flexibility index (Phi) is 7.45. The second-order valence-electron chi connectivity index (χ2n) is 5.97. The van der Waals surface area contributed by atoms with Crippen molar-refractivity contribution in [3.05, 3.63) is 39.4 Å². The van der Waals surface area contributed by atoms with Gasteiger partial charge in [0.1, 0.15) is 0 Å². The molecule has 128 valence electrons. The van der Waals surface area contributed by atoms with Gasteiger partial charge in [-0.15, -0.1) is 12.4 Å². The van der Waals surface area contributed by atoms with E-state index in [9.17, 15) is 14.9 Å². The van der Waals surface area contributed by atoms with E-state index < -0.39 is 4.92 Å². The van der Waals surface area contributed by atoms with E-state index in [-0.39, 0.29) is 30.0 Å². The van der Waals surface area contributed by atoms with E-state index in [0.717, 1.165) is 12.8 Å². The summed E-state index contributed by atoms with van der Waals surface area (Å²) in [5.74, 6) is 0.118. The number of amides is 1. The number of nitrogens with two attached hydrogens (primary N) is 1. The van der Waals surface area contributed by atoms with E-state index in [4.69, 9.17) is 5.73 Å². The van der Waals surface area contributed by atoms with Gasteiger partial charge in [0.05, 0.1) is 4.92 Å². The van der Waals surface area contributed by atoms with Gasteiger partial charge in [-0.3, -0.25) is 14.9 Å². The highest BCUT2D eigenvalue weighted by molar-refractivity contribution is 5.95. The van der Waals surface area contributed by atoms with Crippen LogP contribution in [0.1, 0.15) is 48.0 Å². The van der Waals surface area contributed by atoms with Crippen molar-refractivity contribution in [1.82, 2.24) is 5.32 Å². The van der Waals surface area contributed by atoms with Crippen LogP contribution in [0.2, 0.25) is 0 Å². The van der Waals surface area contributed by atoms with Crippen molar-refractivity contribution in [2.24, 2.45) is 11.7 Å². The first-order valence-electron chi connectivity index (χ1n) is 7.79. The van der Waals surface area contributed by atoms with E-state index in [1.807, 2.05) is 0 Å². The number of halogens is 1. The fraction of sp³-hybridized carbons (Fsp3) is 0.562. The molecule has 7 heteroatoms. The minimum Gasteiger partial charge on any atom is -0.348 e. The number of carbonyl (C=O) groups excluding carboxylic acids is 1. The number of benzene rings is 1. The summed E-state index contributed by atoms with van der Waals surface area (Å²) >= 11 is 0. The molecule has 23 heavy (non-hydrogen) atoms. The van der Waals surface area contributed by atoms with Gasteiger partial charge in [0.25, 0.3) is 11.6 Å². The fourth-order valence-electron chi connectivity index (χ4n) is 3.10. The molecule has 0 spiro atoms. The summed E-state index contributed by atoms with van der Waals surface area (Å²) in [6.45, 7) is 2.05. The number of nitro benzene ring substituents is 1. The molecular weight excluding hydrogens is 318 g/mol. The summed E-state index contributed by atoms with van der Waals surface area (Å²) in [4.78, 5) is 22.9. The molecule has 0 radical (unpaired) electrons. The zero-order valence-electron chi connectivity index (χ0n) is 13.3. The number of rotatable bonds is 5. The van der Waals surface area contributed by atoms with Crippen LogP contribution >= 0.6 is 12.4 Å². The molecule has 2 rings (SSSR count). The van der Waals surface area contributed by atoms with Crippen molar-refractivity contribution in [3.63, 3.8) is 0 Å². The van der Waals surface area contributed by atoms with Crippen LogP contribution in [0, 0.1) is 23.0 Å². The third-order valence-corrected chi connectivity index (χ3v) is 4.46. The number of carbonyl (C=O) groups is 1. The predicted octanol–water partition coefficient (Wildman–Crippen LogP) is 2.96. The second-order valence-corrected chi connectivity index (χ2v) is 5.97. The summed E-state index contributed by atoms with van der Waals surface area (Å²) in [6, 6.07) is 4.49. The molecule has 1 atom stereocenters. The highest BCUT2D eigenvalue weighted by Crippen LogP contribution is 2.26. The maximum absolute atomic E-state index is 12.4. The second kappa shape index (κ2) is 8.84. The number of hydrogen-bond donors (Lipinski definition) is 2. The van der Waals surface area contributed by atoms with E-state index in [1.165, 1.54) is 25.3 Å². The molecule has 3 N–H and O–H groups in total. The van der Waals surface area contributed by atoms with E-state index in [0.29, 0.717) is 23.6 Å². The Morgan fingerprint density at radius 1 is 1.39 bits per heavy atom. The largest absolute Gasteiger partial charge is 0.348 e. The van der Waals surface area contributed by atoms with Crippen LogP contribution in [-0.4, -0.2) is 23.4 Å². The molecular formula is C16H24ClN3O3. The molecule has 1 aromatic rings. The Balaban J connectivity index is 0.00000264. The van der Waals surface area contributed by atoms with Crippen LogP contribution in [0.5, 0.6) is 0 Å². The maximum atomic E-state index is 12.4. The molecule has 0 aromatic heterocycles. The first-order valence-corrected chi connectivity index (χ1v) is 7.79. The fourth-order valence-corrected chi connectivity index (χ4v) is 3.10. The molecule has 1 aliphatic rings. The first-order chi connectivity index (χ1) is 10.5. The summed E-state index contributed by atoms with van der Waals surface area (Å²) in [6.07, 6.45) is 5.75. The Morgan fingerprint density at radius 2 is 2.04 bits per heavy atom. The third kappa shape index (κ3) is 4.91. The summed E-state index contributed by atoms with van der Waals surface area (Å²) in [7, 11) is 0. The van der Waals surface area contributed by atoms with Gasteiger partial charge in [-0.25, -0.2) is 0 Å². The minimum absolute atomic E-state index is 0. The Hall–Kier alpha value is -1.66. The van der Waals surface area contributed by atoms with Crippen molar-refractivity contribution < 1.29 is 9.72 Å². The lowest BCUT2D eigenvalue weighted by molar-refractivity contribution is -0.385. The van der Waals surface area contributed by atoms with E-state index in [2.05, 4.69) is 5.32 Å². The Morgan fingerprint density at radius 3 is 2.61 bits per heavy atom. The van der Waals surface area contributed by atoms with Crippen molar-refractivity contribution in [1.29, 1.82) is 0 Å². The lowest BCUT2D eigenvalue weighted by Gasteiger charge is -2.30. The molecule has 0 heterocycles. The number of nitro groups is 1. The summed E-state index contributed by atoms with van der Waals surface area (Å²) in [5, 5.41) is 13.9. The normalized spacial score (nSPS) is 16.3. The first kappa shape index (κ1) is 19.4. The Bertz CT molecular complexity index is 560. The van der Waals surface area contributed by atoms with Crippen LogP contribution in [0.15, 0.2) is 18.2 Å². The molecule has 0 aliphatic heterocycles. The molecule has 1 unspecified atom stereocenters. The predicted molar refractivity (Wildman–Crippen MR) is 92.0 cm³/mol. The van der Waals surface area contributed by atoms with E-state index in [1.54, 1.807) is 19.1 Å². The minimum atomic E-state index is -0.465. The van der Waals surface area contributed by atoms with Crippen LogP contribution in [-0.2, 0) is 0 Å². The lowest BCUT2D eigenvalue weighted by atomic mass is 9.84. The average molecular weight is 342 g/mol. The molecule has 1 aromatic carbocycles. The molecule has 0 saturated heterocycles.